The van der Waals surface area contributed by atoms with Gasteiger partial charge >= 0.3 is 0 Å². The van der Waals surface area contributed by atoms with Gasteiger partial charge in [-0.1, -0.05) is 37.5 Å². The van der Waals surface area contributed by atoms with Crippen LogP contribution in [0.4, 0.5) is 11.4 Å². The molecule has 2 aromatic carbocycles. The molecule has 0 radical (unpaired) electrons. The lowest BCUT2D eigenvalue weighted by Crippen LogP contribution is -2.53. The van der Waals surface area contributed by atoms with Crippen LogP contribution in [0.25, 0.3) is 0 Å². The highest BCUT2D eigenvalue weighted by Crippen LogP contribution is 2.25. The summed E-state index contributed by atoms with van der Waals surface area (Å²) in [5.74, 6) is -0.0365. The summed E-state index contributed by atoms with van der Waals surface area (Å²) >= 11 is 5.72. The Morgan fingerprint density at radius 1 is 1.00 bits per heavy atom. The van der Waals surface area contributed by atoms with Crippen molar-refractivity contribution in [1.82, 2.24) is 20.2 Å². The highest BCUT2D eigenvalue weighted by atomic mass is 32.1. The number of imidazole rings is 1. The van der Waals surface area contributed by atoms with Crippen LogP contribution in [0.3, 0.4) is 0 Å². The molecule has 8 heteroatoms. The SMILES string of the molecule is O=C(c1ccccc1)N(Cc1cnc[nH]1)c1ccc(N2CCN(C(=S)NC3CCCCC3)CC2)cc1. The van der Waals surface area contributed by atoms with E-state index >= 15 is 0 Å². The summed E-state index contributed by atoms with van der Waals surface area (Å²) in [7, 11) is 0. The molecule has 2 fully saturated rings. The molecule has 188 valence electrons. The zero-order chi connectivity index (χ0) is 24.7. The van der Waals surface area contributed by atoms with Crippen LogP contribution >= 0.6 is 12.2 Å². The van der Waals surface area contributed by atoms with Crippen LogP contribution in [0.1, 0.15) is 48.2 Å². The number of aromatic amines is 1. The Balaban J connectivity index is 1.22. The minimum atomic E-state index is -0.0365. The van der Waals surface area contributed by atoms with Crippen LogP contribution in [0.5, 0.6) is 0 Å². The van der Waals surface area contributed by atoms with E-state index in [1.54, 1.807) is 17.4 Å². The van der Waals surface area contributed by atoms with Gasteiger partial charge < -0.3 is 25.0 Å². The number of anilines is 2. The van der Waals surface area contributed by atoms with E-state index in [0.29, 0.717) is 18.2 Å². The number of hydrogen-bond acceptors (Lipinski definition) is 4. The summed E-state index contributed by atoms with van der Waals surface area (Å²) in [6.45, 7) is 4.11. The van der Waals surface area contributed by atoms with Crippen LogP contribution in [0, 0.1) is 0 Å². The maximum atomic E-state index is 13.4. The first kappa shape index (κ1) is 24.3. The molecule has 1 aliphatic heterocycles. The molecule has 3 aromatic rings. The van der Waals surface area contributed by atoms with Crippen molar-refractivity contribution in [2.75, 3.05) is 36.0 Å². The van der Waals surface area contributed by atoms with Crippen LogP contribution in [-0.4, -0.2) is 58.1 Å². The molecular formula is C28H34N6OS. The molecule has 1 amide bonds. The molecule has 1 saturated carbocycles. The molecule has 2 heterocycles. The number of H-pyrrole nitrogens is 1. The number of benzene rings is 2. The molecule has 1 saturated heterocycles. The first-order valence-electron chi connectivity index (χ1n) is 12.9. The summed E-state index contributed by atoms with van der Waals surface area (Å²) in [5.41, 5.74) is 3.57. The minimum Gasteiger partial charge on any atom is -0.368 e. The fraction of sp³-hybridized carbons (Fsp3) is 0.393. The number of nitrogens with zero attached hydrogens (tertiary/aromatic N) is 4. The summed E-state index contributed by atoms with van der Waals surface area (Å²) in [6.07, 6.45) is 9.82. The predicted octanol–water partition coefficient (Wildman–Crippen LogP) is 4.59. The number of carbonyl (C=O) groups is 1. The average Bonchev–Trinajstić information content (AvgIpc) is 3.46. The van der Waals surface area contributed by atoms with Crippen molar-refractivity contribution < 1.29 is 4.79 Å². The van der Waals surface area contributed by atoms with Gasteiger partial charge in [-0.25, -0.2) is 4.98 Å². The number of rotatable bonds is 6. The maximum Gasteiger partial charge on any atom is 0.258 e. The van der Waals surface area contributed by atoms with Crippen molar-refractivity contribution in [3.05, 3.63) is 78.4 Å². The Kier molecular flexibility index (Phi) is 7.81. The zero-order valence-corrected chi connectivity index (χ0v) is 21.4. The van der Waals surface area contributed by atoms with E-state index in [4.69, 9.17) is 12.2 Å². The van der Waals surface area contributed by atoms with Gasteiger partial charge in [-0.15, -0.1) is 0 Å². The van der Waals surface area contributed by atoms with E-state index in [1.807, 2.05) is 42.5 Å². The van der Waals surface area contributed by atoms with Gasteiger partial charge in [0.25, 0.3) is 5.91 Å². The van der Waals surface area contributed by atoms with Gasteiger partial charge in [0.1, 0.15) is 0 Å². The van der Waals surface area contributed by atoms with Gasteiger partial charge in [-0.3, -0.25) is 4.79 Å². The second kappa shape index (κ2) is 11.6. The largest absolute Gasteiger partial charge is 0.368 e. The summed E-state index contributed by atoms with van der Waals surface area (Å²) in [4.78, 5) is 27.1. The summed E-state index contributed by atoms with van der Waals surface area (Å²) < 4.78 is 0. The molecule has 0 atom stereocenters. The highest BCUT2D eigenvalue weighted by molar-refractivity contribution is 7.80. The van der Waals surface area contributed by atoms with E-state index < -0.39 is 0 Å². The fourth-order valence-electron chi connectivity index (χ4n) is 5.08. The van der Waals surface area contributed by atoms with Crippen LogP contribution in [0.15, 0.2) is 67.1 Å². The fourth-order valence-corrected chi connectivity index (χ4v) is 5.43. The molecule has 2 N–H and O–H groups in total. The number of carbonyl (C=O) groups excluding carboxylic acids is 1. The molecule has 0 spiro atoms. The lowest BCUT2D eigenvalue weighted by molar-refractivity contribution is 0.0985. The first-order chi connectivity index (χ1) is 17.7. The Labute approximate surface area is 218 Å². The quantitative estimate of drug-likeness (QED) is 0.481. The number of nitrogens with one attached hydrogen (secondary N) is 2. The van der Waals surface area contributed by atoms with Crippen molar-refractivity contribution in [2.45, 2.75) is 44.7 Å². The van der Waals surface area contributed by atoms with Crippen LogP contribution in [-0.2, 0) is 6.54 Å². The van der Waals surface area contributed by atoms with Gasteiger partial charge in [0.15, 0.2) is 5.11 Å². The van der Waals surface area contributed by atoms with Gasteiger partial charge in [-0.2, -0.15) is 0 Å². The predicted molar refractivity (Wildman–Crippen MR) is 148 cm³/mol. The molecule has 0 bridgehead atoms. The summed E-state index contributed by atoms with van der Waals surface area (Å²) in [6, 6.07) is 18.2. The Morgan fingerprint density at radius 3 is 2.39 bits per heavy atom. The number of piperazine rings is 1. The van der Waals surface area contributed by atoms with Crippen molar-refractivity contribution in [3.8, 4) is 0 Å². The standard InChI is InChI=1S/C28H34N6OS/c35-27(22-7-3-1-4-8-22)34(20-24-19-29-21-30-24)26-13-11-25(12-14-26)32-15-17-33(18-16-32)28(36)31-23-9-5-2-6-10-23/h1,3-4,7-8,11-14,19,21,23H,2,5-6,9-10,15-18,20H2,(H,29,30)(H,31,36). The Morgan fingerprint density at radius 2 is 1.72 bits per heavy atom. The number of hydrogen-bond donors (Lipinski definition) is 2. The molecule has 5 rings (SSSR count). The van der Waals surface area contributed by atoms with Crippen molar-refractivity contribution in [2.24, 2.45) is 0 Å². The lowest BCUT2D eigenvalue weighted by Gasteiger charge is -2.38. The average molecular weight is 503 g/mol. The van der Waals surface area contributed by atoms with E-state index in [1.165, 1.54) is 37.8 Å². The van der Waals surface area contributed by atoms with Crippen LogP contribution in [0.2, 0.25) is 0 Å². The minimum absolute atomic E-state index is 0.0365. The second-order valence-corrected chi connectivity index (χ2v) is 10.00. The monoisotopic (exact) mass is 502 g/mol. The first-order valence-corrected chi connectivity index (χ1v) is 13.3. The van der Waals surface area contributed by atoms with E-state index in [2.05, 4.69) is 37.2 Å². The molecule has 1 aliphatic carbocycles. The number of aromatic nitrogens is 2. The maximum absolute atomic E-state index is 13.4. The topological polar surface area (TPSA) is 67.5 Å². The smallest absolute Gasteiger partial charge is 0.258 e. The van der Waals surface area contributed by atoms with Gasteiger partial charge in [0, 0.05) is 55.4 Å². The molecule has 36 heavy (non-hydrogen) atoms. The molecule has 7 nitrogen and oxygen atoms in total. The highest BCUT2D eigenvalue weighted by Gasteiger charge is 2.23. The van der Waals surface area contributed by atoms with Crippen molar-refractivity contribution in [3.63, 3.8) is 0 Å². The third kappa shape index (κ3) is 5.87. The van der Waals surface area contributed by atoms with Crippen molar-refractivity contribution >= 4 is 34.6 Å². The number of thiocarbonyl (C=S) groups is 1. The lowest BCUT2D eigenvalue weighted by atomic mass is 9.96. The third-order valence-corrected chi connectivity index (χ3v) is 7.55. The second-order valence-electron chi connectivity index (χ2n) is 9.61. The third-order valence-electron chi connectivity index (χ3n) is 7.18. The van der Waals surface area contributed by atoms with E-state index in [9.17, 15) is 4.79 Å². The zero-order valence-electron chi connectivity index (χ0n) is 20.6. The van der Waals surface area contributed by atoms with Gasteiger partial charge in [0.2, 0.25) is 0 Å². The van der Waals surface area contributed by atoms with Gasteiger partial charge in [0.05, 0.1) is 18.6 Å². The normalized spacial score (nSPS) is 16.6. The van der Waals surface area contributed by atoms with E-state index in [0.717, 1.165) is 42.7 Å². The number of amides is 1. The Hall–Kier alpha value is -3.39. The van der Waals surface area contributed by atoms with E-state index in [-0.39, 0.29) is 5.91 Å². The van der Waals surface area contributed by atoms with Crippen LogP contribution < -0.4 is 15.1 Å². The van der Waals surface area contributed by atoms with Gasteiger partial charge in [-0.05, 0) is 61.5 Å². The molecular weight excluding hydrogens is 468 g/mol. The summed E-state index contributed by atoms with van der Waals surface area (Å²) in [5, 5.41) is 4.51. The Bertz CT molecular complexity index is 1120. The molecule has 2 aliphatic rings. The molecule has 0 unspecified atom stereocenters. The molecule has 1 aromatic heterocycles. The van der Waals surface area contributed by atoms with Crippen molar-refractivity contribution in [1.29, 1.82) is 0 Å².